The molecule has 1 N–H and O–H groups in total. The first-order valence-electron chi connectivity index (χ1n) is 4.75. The van der Waals surface area contributed by atoms with Crippen LogP contribution in [-0.4, -0.2) is 10.9 Å². The van der Waals surface area contributed by atoms with E-state index in [4.69, 9.17) is 0 Å². The lowest BCUT2D eigenvalue weighted by atomic mass is 10.2. The van der Waals surface area contributed by atoms with Gasteiger partial charge in [0.2, 0.25) is 0 Å². The Balaban J connectivity index is 2.22. The van der Waals surface area contributed by atoms with Crippen LogP contribution in [0.2, 0.25) is 0 Å². The van der Waals surface area contributed by atoms with Crippen LogP contribution < -0.4 is 5.32 Å². The summed E-state index contributed by atoms with van der Waals surface area (Å²) in [5.41, 5.74) is -0.335. The molecule has 0 saturated heterocycles. The second-order valence-corrected chi connectivity index (χ2v) is 4.59. The van der Waals surface area contributed by atoms with Crippen molar-refractivity contribution in [2.24, 2.45) is 0 Å². The highest BCUT2D eigenvalue weighted by Crippen LogP contribution is 2.18. The third-order valence-corrected chi connectivity index (χ3v) is 2.84. The van der Waals surface area contributed by atoms with E-state index in [1.807, 2.05) is 6.92 Å². The van der Waals surface area contributed by atoms with Crippen molar-refractivity contribution in [1.82, 2.24) is 4.98 Å². The van der Waals surface area contributed by atoms with Crippen molar-refractivity contribution < 1.29 is 13.6 Å². The molecule has 6 heteroatoms. The fourth-order valence-electron chi connectivity index (χ4n) is 1.25. The molecule has 1 aromatic carbocycles. The lowest BCUT2D eigenvalue weighted by Gasteiger charge is -2.02. The first kappa shape index (κ1) is 11.7. The number of benzene rings is 1. The Hall–Kier alpha value is -1.82. The molecule has 88 valence electrons. The number of aromatic nitrogens is 1. The maximum Gasteiger partial charge on any atom is 0.260 e. The van der Waals surface area contributed by atoms with Gasteiger partial charge in [-0.3, -0.25) is 10.1 Å². The lowest BCUT2D eigenvalue weighted by molar-refractivity contribution is 0.102. The molecular formula is C11H8F2N2OS. The van der Waals surface area contributed by atoms with Crippen LogP contribution in [0.4, 0.5) is 13.9 Å². The largest absolute Gasteiger partial charge is 0.298 e. The van der Waals surface area contributed by atoms with E-state index in [2.05, 4.69) is 10.3 Å². The monoisotopic (exact) mass is 254 g/mol. The molecule has 2 aromatic rings. The number of carbonyl (C=O) groups is 1. The van der Waals surface area contributed by atoms with Crippen LogP contribution >= 0.6 is 11.3 Å². The second kappa shape index (κ2) is 4.58. The van der Waals surface area contributed by atoms with Crippen LogP contribution in [-0.2, 0) is 0 Å². The summed E-state index contributed by atoms with van der Waals surface area (Å²) in [5.74, 6) is -2.14. The van der Waals surface area contributed by atoms with E-state index in [9.17, 15) is 13.6 Å². The van der Waals surface area contributed by atoms with Gasteiger partial charge in [-0.15, -0.1) is 11.3 Å². The standard InChI is InChI=1S/C11H8F2N2OS/c1-6-5-14-11(17-6)15-10(16)8-4-7(12)2-3-9(8)13/h2-5H,1H3,(H,14,15,16). The molecule has 2 rings (SSSR count). The zero-order valence-corrected chi connectivity index (χ0v) is 9.65. The number of nitrogens with one attached hydrogen (secondary N) is 1. The molecule has 0 bridgehead atoms. The predicted octanol–water partition coefficient (Wildman–Crippen LogP) is 2.98. The van der Waals surface area contributed by atoms with Crippen molar-refractivity contribution >= 4 is 22.4 Å². The molecule has 0 aliphatic heterocycles. The molecule has 1 aromatic heterocycles. The van der Waals surface area contributed by atoms with E-state index in [0.717, 1.165) is 23.1 Å². The average Bonchev–Trinajstić information content (AvgIpc) is 2.67. The minimum atomic E-state index is -0.767. The summed E-state index contributed by atoms with van der Waals surface area (Å²) in [6, 6.07) is 2.72. The molecule has 1 heterocycles. The molecule has 0 saturated carbocycles. The molecule has 17 heavy (non-hydrogen) atoms. The van der Waals surface area contributed by atoms with Gasteiger partial charge < -0.3 is 0 Å². The summed E-state index contributed by atoms with van der Waals surface area (Å²) in [4.78, 5) is 16.5. The van der Waals surface area contributed by atoms with E-state index in [-0.39, 0.29) is 5.56 Å². The summed E-state index contributed by atoms with van der Waals surface area (Å²) in [6.07, 6.45) is 1.59. The highest BCUT2D eigenvalue weighted by Gasteiger charge is 2.14. The van der Waals surface area contributed by atoms with Crippen LogP contribution in [0.3, 0.4) is 0 Å². The molecule has 0 aliphatic carbocycles. The smallest absolute Gasteiger partial charge is 0.260 e. The zero-order chi connectivity index (χ0) is 12.4. The number of halogens is 2. The molecule has 0 spiro atoms. The van der Waals surface area contributed by atoms with Gasteiger partial charge in [-0.1, -0.05) is 0 Å². The van der Waals surface area contributed by atoms with Gasteiger partial charge in [0.25, 0.3) is 5.91 Å². The van der Waals surface area contributed by atoms with Gasteiger partial charge in [-0.2, -0.15) is 0 Å². The predicted molar refractivity (Wildman–Crippen MR) is 61.2 cm³/mol. The van der Waals surface area contributed by atoms with E-state index < -0.39 is 17.5 Å². The molecule has 0 radical (unpaired) electrons. The molecule has 0 atom stereocenters. The number of aryl methyl sites for hydroxylation is 1. The van der Waals surface area contributed by atoms with Crippen molar-refractivity contribution in [2.75, 3.05) is 5.32 Å². The second-order valence-electron chi connectivity index (χ2n) is 3.35. The first-order valence-corrected chi connectivity index (χ1v) is 5.57. The number of hydrogen-bond acceptors (Lipinski definition) is 3. The number of amides is 1. The number of carbonyl (C=O) groups excluding carboxylic acids is 1. The third kappa shape index (κ3) is 2.65. The number of nitrogens with zero attached hydrogens (tertiary/aromatic N) is 1. The molecule has 3 nitrogen and oxygen atoms in total. The fourth-order valence-corrected chi connectivity index (χ4v) is 1.91. The maximum atomic E-state index is 13.3. The molecule has 0 aliphatic rings. The van der Waals surface area contributed by atoms with E-state index >= 15 is 0 Å². The molecular weight excluding hydrogens is 246 g/mol. The summed E-state index contributed by atoms with van der Waals surface area (Å²) < 4.78 is 26.2. The van der Waals surface area contributed by atoms with Crippen LogP contribution in [0.1, 0.15) is 15.2 Å². The molecule has 1 amide bonds. The van der Waals surface area contributed by atoms with Gasteiger partial charge in [-0.25, -0.2) is 13.8 Å². The topological polar surface area (TPSA) is 42.0 Å². The van der Waals surface area contributed by atoms with Gasteiger partial charge >= 0.3 is 0 Å². The summed E-state index contributed by atoms with van der Waals surface area (Å²) >= 11 is 1.26. The minimum absolute atomic E-state index is 0.335. The van der Waals surface area contributed by atoms with Crippen LogP contribution in [0.5, 0.6) is 0 Å². The SMILES string of the molecule is Cc1cnc(NC(=O)c2cc(F)ccc2F)s1. The molecule has 0 unspecified atom stereocenters. The van der Waals surface area contributed by atoms with Crippen molar-refractivity contribution in [2.45, 2.75) is 6.92 Å². The highest BCUT2D eigenvalue weighted by atomic mass is 32.1. The van der Waals surface area contributed by atoms with Crippen LogP contribution in [0, 0.1) is 18.6 Å². The number of rotatable bonds is 2. The Morgan fingerprint density at radius 1 is 1.41 bits per heavy atom. The minimum Gasteiger partial charge on any atom is -0.298 e. The Bertz CT molecular complexity index is 568. The van der Waals surface area contributed by atoms with Gasteiger partial charge in [0, 0.05) is 11.1 Å². The third-order valence-electron chi connectivity index (χ3n) is 2.01. The van der Waals surface area contributed by atoms with Gasteiger partial charge in [0.1, 0.15) is 11.6 Å². The van der Waals surface area contributed by atoms with Gasteiger partial charge in [-0.05, 0) is 25.1 Å². The fraction of sp³-hybridized carbons (Fsp3) is 0.0909. The average molecular weight is 254 g/mol. The summed E-state index contributed by atoms with van der Waals surface area (Å²) in [6.45, 7) is 1.83. The zero-order valence-electron chi connectivity index (χ0n) is 8.83. The quantitative estimate of drug-likeness (QED) is 0.895. The van der Waals surface area contributed by atoms with Crippen molar-refractivity contribution in [3.8, 4) is 0 Å². The highest BCUT2D eigenvalue weighted by molar-refractivity contribution is 7.15. The normalized spacial score (nSPS) is 10.3. The maximum absolute atomic E-state index is 13.3. The number of thiazole rings is 1. The van der Waals surface area contributed by atoms with Crippen molar-refractivity contribution in [3.05, 3.63) is 46.5 Å². The summed E-state index contributed by atoms with van der Waals surface area (Å²) in [5, 5.41) is 2.77. The van der Waals surface area contributed by atoms with Crippen molar-refractivity contribution in [3.63, 3.8) is 0 Å². The van der Waals surface area contributed by atoms with Crippen molar-refractivity contribution in [1.29, 1.82) is 0 Å². The van der Waals surface area contributed by atoms with Gasteiger partial charge in [0.05, 0.1) is 5.56 Å². The van der Waals surface area contributed by atoms with E-state index in [1.54, 1.807) is 6.20 Å². The van der Waals surface area contributed by atoms with Crippen LogP contribution in [0.25, 0.3) is 0 Å². The Morgan fingerprint density at radius 2 is 2.18 bits per heavy atom. The summed E-state index contributed by atoms with van der Waals surface area (Å²) in [7, 11) is 0. The Morgan fingerprint density at radius 3 is 2.82 bits per heavy atom. The molecule has 0 fully saturated rings. The van der Waals surface area contributed by atoms with Crippen LogP contribution in [0.15, 0.2) is 24.4 Å². The number of hydrogen-bond donors (Lipinski definition) is 1. The van der Waals surface area contributed by atoms with Gasteiger partial charge in [0.15, 0.2) is 5.13 Å². The first-order chi connectivity index (χ1) is 8.06. The lowest BCUT2D eigenvalue weighted by Crippen LogP contribution is -2.13. The van der Waals surface area contributed by atoms with E-state index in [0.29, 0.717) is 5.13 Å². The Kier molecular flexibility index (Phi) is 3.14. The Labute approximate surface area is 100 Å². The van der Waals surface area contributed by atoms with E-state index in [1.165, 1.54) is 11.3 Å². The number of anilines is 1.